The molecule has 2 aromatic rings. The predicted octanol–water partition coefficient (Wildman–Crippen LogP) is 1.34. The quantitative estimate of drug-likeness (QED) is 0.584. The lowest BCUT2D eigenvalue weighted by Gasteiger charge is -1.97. The van der Waals surface area contributed by atoms with Gasteiger partial charge in [-0.15, -0.1) is 0 Å². The standard InChI is InChI=1S/C9H4N4O4/c10-3-5-6-4-11-12(9(14)15)7(6)1-2-8(5)13(16)17/h1-2,4H,(H,14,15). The van der Waals surface area contributed by atoms with Crippen LogP contribution in [0.2, 0.25) is 0 Å². The van der Waals surface area contributed by atoms with Gasteiger partial charge in [0.05, 0.1) is 16.6 Å². The average Bonchev–Trinajstić information content (AvgIpc) is 2.70. The molecular formula is C9H4N4O4. The third-order valence-electron chi connectivity index (χ3n) is 2.22. The van der Waals surface area contributed by atoms with Crippen molar-refractivity contribution in [2.24, 2.45) is 0 Å². The van der Waals surface area contributed by atoms with Crippen molar-refractivity contribution < 1.29 is 14.8 Å². The number of nitro benzene ring substituents is 1. The predicted molar refractivity (Wildman–Crippen MR) is 54.5 cm³/mol. The Morgan fingerprint density at radius 3 is 2.82 bits per heavy atom. The topological polar surface area (TPSA) is 122 Å². The Kier molecular flexibility index (Phi) is 2.22. The fourth-order valence-corrected chi connectivity index (χ4v) is 1.51. The van der Waals surface area contributed by atoms with Gasteiger partial charge in [-0.2, -0.15) is 15.0 Å². The number of hydrogen-bond donors (Lipinski definition) is 1. The summed E-state index contributed by atoms with van der Waals surface area (Å²) >= 11 is 0. The summed E-state index contributed by atoms with van der Waals surface area (Å²) in [6, 6.07) is 4.02. The van der Waals surface area contributed by atoms with E-state index < -0.39 is 11.0 Å². The third-order valence-corrected chi connectivity index (χ3v) is 2.22. The fraction of sp³-hybridized carbons (Fsp3) is 0. The van der Waals surface area contributed by atoms with E-state index in [1.165, 1.54) is 6.07 Å². The Bertz CT molecular complexity index is 682. The number of nitriles is 1. The monoisotopic (exact) mass is 232 g/mol. The molecule has 17 heavy (non-hydrogen) atoms. The molecule has 8 heteroatoms. The molecule has 0 spiro atoms. The average molecular weight is 232 g/mol. The zero-order valence-electron chi connectivity index (χ0n) is 8.19. The smallest absolute Gasteiger partial charge is 0.432 e. The van der Waals surface area contributed by atoms with Gasteiger partial charge in [0.15, 0.2) is 0 Å². The van der Waals surface area contributed by atoms with Crippen molar-refractivity contribution in [3.8, 4) is 6.07 Å². The summed E-state index contributed by atoms with van der Waals surface area (Å²) in [6.07, 6.45) is -0.201. The van der Waals surface area contributed by atoms with Gasteiger partial charge in [-0.05, 0) is 6.07 Å². The highest BCUT2D eigenvalue weighted by molar-refractivity contribution is 5.93. The van der Waals surface area contributed by atoms with Gasteiger partial charge in [0, 0.05) is 11.5 Å². The van der Waals surface area contributed by atoms with E-state index in [-0.39, 0.29) is 22.2 Å². The molecule has 0 radical (unpaired) electrons. The number of nitro groups is 1. The van der Waals surface area contributed by atoms with Gasteiger partial charge >= 0.3 is 6.09 Å². The molecule has 0 amide bonds. The maximum absolute atomic E-state index is 10.8. The van der Waals surface area contributed by atoms with Crippen LogP contribution in [0.25, 0.3) is 10.9 Å². The Hall–Kier alpha value is -2.95. The third kappa shape index (κ3) is 1.46. The summed E-state index contributed by atoms with van der Waals surface area (Å²) < 4.78 is 0.653. The summed E-state index contributed by atoms with van der Waals surface area (Å²) in [5.74, 6) is 0. The zero-order valence-corrected chi connectivity index (χ0v) is 8.19. The van der Waals surface area contributed by atoms with Crippen molar-refractivity contribution in [3.63, 3.8) is 0 Å². The van der Waals surface area contributed by atoms with Gasteiger partial charge in [-0.1, -0.05) is 0 Å². The number of aromatic nitrogens is 2. The second kappa shape index (κ2) is 3.57. The highest BCUT2D eigenvalue weighted by Gasteiger charge is 2.20. The zero-order chi connectivity index (χ0) is 12.6. The molecule has 84 valence electrons. The summed E-state index contributed by atoms with van der Waals surface area (Å²) in [6.45, 7) is 0. The molecule has 1 aromatic carbocycles. The second-order valence-corrected chi connectivity index (χ2v) is 3.10. The lowest BCUT2D eigenvalue weighted by molar-refractivity contribution is -0.385. The normalized spacial score (nSPS) is 10.1. The van der Waals surface area contributed by atoms with E-state index in [0.29, 0.717) is 4.68 Å². The Balaban J connectivity index is 2.86. The minimum Gasteiger partial charge on any atom is -0.463 e. The van der Waals surface area contributed by atoms with E-state index in [4.69, 9.17) is 10.4 Å². The van der Waals surface area contributed by atoms with Crippen LogP contribution in [0, 0.1) is 21.4 Å². The first-order valence-corrected chi connectivity index (χ1v) is 4.34. The second-order valence-electron chi connectivity index (χ2n) is 3.10. The molecule has 0 aliphatic carbocycles. The van der Waals surface area contributed by atoms with Crippen molar-refractivity contribution in [3.05, 3.63) is 34.0 Å². The van der Waals surface area contributed by atoms with Crippen molar-refractivity contribution in [1.82, 2.24) is 9.78 Å². The van der Waals surface area contributed by atoms with Crippen LogP contribution in [0.3, 0.4) is 0 Å². The molecule has 1 heterocycles. The van der Waals surface area contributed by atoms with Crippen LogP contribution < -0.4 is 0 Å². The molecule has 1 aromatic heterocycles. The van der Waals surface area contributed by atoms with Crippen molar-refractivity contribution in [1.29, 1.82) is 5.26 Å². The number of hydrogen-bond acceptors (Lipinski definition) is 5. The van der Waals surface area contributed by atoms with Gasteiger partial charge in [-0.3, -0.25) is 10.1 Å². The molecule has 2 rings (SSSR count). The van der Waals surface area contributed by atoms with Crippen LogP contribution in [-0.2, 0) is 0 Å². The van der Waals surface area contributed by atoms with Gasteiger partial charge in [-0.25, -0.2) is 4.79 Å². The first-order valence-electron chi connectivity index (χ1n) is 4.34. The highest BCUT2D eigenvalue weighted by Crippen LogP contribution is 2.26. The first kappa shape index (κ1) is 10.6. The minimum atomic E-state index is -1.32. The lowest BCUT2D eigenvalue weighted by Crippen LogP contribution is -2.09. The number of carboxylic acid groups (broad SMARTS) is 1. The molecule has 0 atom stereocenters. The highest BCUT2D eigenvalue weighted by atomic mass is 16.6. The van der Waals surface area contributed by atoms with E-state index in [9.17, 15) is 14.9 Å². The van der Waals surface area contributed by atoms with Crippen LogP contribution >= 0.6 is 0 Å². The van der Waals surface area contributed by atoms with Crippen LogP contribution in [0.5, 0.6) is 0 Å². The minimum absolute atomic E-state index is 0.139. The SMILES string of the molecule is N#Cc1c([N+](=O)[O-])ccc2c1cnn2C(=O)O. The molecule has 0 saturated carbocycles. The number of carbonyl (C=O) groups is 1. The molecule has 8 nitrogen and oxygen atoms in total. The Labute approximate surface area is 93.5 Å². The molecule has 1 N–H and O–H groups in total. The summed E-state index contributed by atoms with van der Waals surface area (Å²) in [5, 5.41) is 32.0. The maximum atomic E-state index is 10.8. The first-order chi connectivity index (χ1) is 8.06. The Morgan fingerprint density at radius 2 is 2.29 bits per heavy atom. The number of nitrogens with zero attached hydrogens (tertiary/aromatic N) is 4. The van der Waals surface area contributed by atoms with Gasteiger partial charge in [0.25, 0.3) is 5.69 Å². The van der Waals surface area contributed by atoms with Crippen LogP contribution in [0.1, 0.15) is 5.56 Å². The molecule has 0 unspecified atom stereocenters. The summed E-state index contributed by atoms with van der Waals surface area (Å²) in [5.41, 5.74) is -0.426. The van der Waals surface area contributed by atoms with E-state index in [2.05, 4.69) is 5.10 Å². The lowest BCUT2D eigenvalue weighted by atomic mass is 10.1. The number of rotatable bonds is 1. The largest absolute Gasteiger partial charge is 0.463 e. The van der Waals surface area contributed by atoms with Gasteiger partial charge in [0.2, 0.25) is 0 Å². The molecule has 0 fully saturated rings. The van der Waals surface area contributed by atoms with Crippen LogP contribution in [0.4, 0.5) is 10.5 Å². The van der Waals surface area contributed by atoms with Crippen LogP contribution in [0.15, 0.2) is 18.3 Å². The van der Waals surface area contributed by atoms with E-state index in [1.807, 2.05) is 0 Å². The molecule has 0 aliphatic heterocycles. The number of benzene rings is 1. The van der Waals surface area contributed by atoms with E-state index >= 15 is 0 Å². The molecule has 0 aliphatic rings. The summed E-state index contributed by atoms with van der Waals surface area (Å²) in [4.78, 5) is 20.8. The van der Waals surface area contributed by atoms with Gasteiger partial charge in [0.1, 0.15) is 11.6 Å². The maximum Gasteiger partial charge on any atom is 0.432 e. The molecule has 0 saturated heterocycles. The van der Waals surface area contributed by atoms with E-state index in [0.717, 1.165) is 12.3 Å². The van der Waals surface area contributed by atoms with Crippen molar-refractivity contribution >= 4 is 22.7 Å². The van der Waals surface area contributed by atoms with Gasteiger partial charge < -0.3 is 5.11 Å². The number of fused-ring (bicyclic) bond motifs is 1. The molecular weight excluding hydrogens is 228 g/mol. The Morgan fingerprint density at radius 1 is 1.59 bits per heavy atom. The molecule has 0 bridgehead atoms. The van der Waals surface area contributed by atoms with Crippen LogP contribution in [-0.4, -0.2) is 25.9 Å². The van der Waals surface area contributed by atoms with Crippen molar-refractivity contribution in [2.75, 3.05) is 0 Å². The fourth-order valence-electron chi connectivity index (χ4n) is 1.51. The van der Waals surface area contributed by atoms with Crippen molar-refractivity contribution in [2.45, 2.75) is 0 Å². The summed E-state index contributed by atoms with van der Waals surface area (Å²) in [7, 11) is 0. The van der Waals surface area contributed by atoms with E-state index in [1.54, 1.807) is 6.07 Å².